The van der Waals surface area contributed by atoms with Crippen molar-refractivity contribution in [3.05, 3.63) is 0 Å². The molecule has 14 heavy (non-hydrogen) atoms. The minimum Gasteiger partial charge on any atom is -0.363 e. The lowest BCUT2D eigenvalue weighted by atomic mass is 9.90. The Kier molecular flexibility index (Phi) is 2.49. The standard InChI is InChI=1S/C10H18N2O2/c1-11-5-3-10(4-6-11)8-12(2)9(13)7-14-10/h3-8H2,1-2H3. The van der Waals surface area contributed by atoms with Gasteiger partial charge in [-0.3, -0.25) is 4.79 Å². The van der Waals surface area contributed by atoms with E-state index in [1.165, 1.54) is 0 Å². The molecule has 0 atom stereocenters. The Morgan fingerprint density at radius 3 is 2.50 bits per heavy atom. The smallest absolute Gasteiger partial charge is 0.248 e. The molecule has 2 aliphatic rings. The van der Waals surface area contributed by atoms with Gasteiger partial charge in [0.1, 0.15) is 6.61 Å². The van der Waals surface area contributed by atoms with Crippen molar-refractivity contribution in [2.24, 2.45) is 0 Å². The van der Waals surface area contributed by atoms with Crippen LogP contribution in [0.25, 0.3) is 0 Å². The summed E-state index contributed by atoms with van der Waals surface area (Å²) in [4.78, 5) is 15.4. The second-order valence-corrected chi connectivity index (χ2v) is 4.52. The fourth-order valence-corrected chi connectivity index (χ4v) is 2.22. The first kappa shape index (κ1) is 9.93. The van der Waals surface area contributed by atoms with Crippen LogP contribution in [0.4, 0.5) is 0 Å². The third-order valence-corrected chi connectivity index (χ3v) is 3.35. The van der Waals surface area contributed by atoms with Gasteiger partial charge < -0.3 is 14.5 Å². The maximum Gasteiger partial charge on any atom is 0.248 e. The summed E-state index contributed by atoms with van der Waals surface area (Å²) in [6, 6.07) is 0. The number of carbonyl (C=O) groups excluding carboxylic acids is 1. The van der Waals surface area contributed by atoms with E-state index < -0.39 is 0 Å². The molecule has 0 bridgehead atoms. The number of ether oxygens (including phenoxy) is 1. The molecule has 0 aromatic carbocycles. The summed E-state index contributed by atoms with van der Waals surface area (Å²) in [5, 5.41) is 0. The van der Waals surface area contributed by atoms with E-state index in [9.17, 15) is 4.79 Å². The van der Waals surface area contributed by atoms with E-state index in [2.05, 4.69) is 11.9 Å². The topological polar surface area (TPSA) is 32.8 Å². The summed E-state index contributed by atoms with van der Waals surface area (Å²) in [5.41, 5.74) is -0.0465. The minimum absolute atomic E-state index is 0.0465. The molecule has 2 heterocycles. The number of likely N-dealkylation sites (N-methyl/N-ethyl adjacent to an activating group) is 1. The summed E-state index contributed by atoms with van der Waals surface area (Å²) in [6.45, 7) is 3.17. The number of piperidine rings is 1. The number of carbonyl (C=O) groups is 1. The number of rotatable bonds is 0. The highest BCUT2D eigenvalue weighted by Gasteiger charge is 2.40. The van der Waals surface area contributed by atoms with Crippen LogP contribution >= 0.6 is 0 Å². The molecule has 2 rings (SSSR count). The third kappa shape index (κ3) is 1.77. The van der Waals surface area contributed by atoms with Crippen molar-refractivity contribution in [3.63, 3.8) is 0 Å². The van der Waals surface area contributed by atoms with Gasteiger partial charge in [-0.25, -0.2) is 0 Å². The Morgan fingerprint density at radius 2 is 1.93 bits per heavy atom. The Labute approximate surface area is 84.8 Å². The van der Waals surface area contributed by atoms with Gasteiger partial charge in [0.05, 0.1) is 5.60 Å². The van der Waals surface area contributed by atoms with Crippen LogP contribution in [0.1, 0.15) is 12.8 Å². The first-order chi connectivity index (χ1) is 6.61. The van der Waals surface area contributed by atoms with E-state index in [1.54, 1.807) is 4.90 Å². The maximum absolute atomic E-state index is 11.3. The van der Waals surface area contributed by atoms with Gasteiger partial charge in [-0.05, 0) is 19.9 Å². The summed E-state index contributed by atoms with van der Waals surface area (Å²) < 4.78 is 5.72. The largest absolute Gasteiger partial charge is 0.363 e. The lowest BCUT2D eigenvalue weighted by Gasteiger charge is -2.45. The molecule has 4 nitrogen and oxygen atoms in total. The quantitative estimate of drug-likeness (QED) is 0.546. The molecule has 1 amide bonds. The highest BCUT2D eigenvalue weighted by molar-refractivity contribution is 5.78. The van der Waals surface area contributed by atoms with Crippen molar-refractivity contribution in [2.75, 3.05) is 40.3 Å². The SMILES string of the molecule is CN1CCC2(CC1)CN(C)C(=O)CO2. The van der Waals surface area contributed by atoms with E-state index in [0.717, 1.165) is 32.5 Å². The first-order valence-corrected chi connectivity index (χ1v) is 5.18. The molecule has 0 N–H and O–H groups in total. The number of hydrogen-bond acceptors (Lipinski definition) is 3. The maximum atomic E-state index is 11.3. The van der Waals surface area contributed by atoms with Crippen LogP contribution in [0.2, 0.25) is 0 Å². The first-order valence-electron chi connectivity index (χ1n) is 5.18. The number of hydrogen-bond donors (Lipinski definition) is 0. The molecule has 2 saturated heterocycles. The molecule has 2 aliphatic heterocycles. The molecule has 0 saturated carbocycles. The highest BCUT2D eigenvalue weighted by Crippen LogP contribution is 2.29. The molecular formula is C10H18N2O2. The van der Waals surface area contributed by atoms with Gasteiger partial charge in [-0.1, -0.05) is 0 Å². The summed E-state index contributed by atoms with van der Waals surface area (Å²) in [6.07, 6.45) is 2.09. The lowest BCUT2D eigenvalue weighted by Crippen LogP contribution is -2.57. The van der Waals surface area contributed by atoms with Crippen LogP contribution in [0, 0.1) is 0 Å². The zero-order chi connectivity index (χ0) is 10.2. The molecule has 0 unspecified atom stereocenters. The molecule has 1 spiro atoms. The van der Waals surface area contributed by atoms with Crippen molar-refractivity contribution in [1.29, 1.82) is 0 Å². The Bertz CT molecular complexity index is 234. The molecule has 0 aliphatic carbocycles. The lowest BCUT2D eigenvalue weighted by molar-refractivity contribution is -0.168. The Morgan fingerprint density at radius 1 is 1.29 bits per heavy atom. The van der Waals surface area contributed by atoms with Crippen LogP contribution in [-0.2, 0) is 9.53 Å². The number of morpholine rings is 1. The number of amides is 1. The summed E-state index contributed by atoms with van der Waals surface area (Å²) >= 11 is 0. The van der Waals surface area contributed by atoms with Crippen molar-refractivity contribution in [2.45, 2.75) is 18.4 Å². The predicted molar refractivity (Wildman–Crippen MR) is 53.1 cm³/mol. The van der Waals surface area contributed by atoms with Crippen LogP contribution in [0.3, 0.4) is 0 Å². The molecule has 0 aromatic rings. The van der Waals surface area contributed by atoms with E-state index in [0.29, 0.717) is 0 Å². The molecule has 0 aromatic heterocycles. The fraction of sp³-hybridized carbons (Fsp3) is 0.900. The average molecular weight is 198 g/mol. The Balaban J connectivity index is 2.00. The third-order valence-electron chi connectivity index (χ3n) is 3.35. The Hall–Kier alpha value is -0.610. The van der Waals surface area contributed by atoms with Crippen LogP contribution in [-0.4, -0.2) is 61.6 Å². The second kappa shape index (κ2) is 3.51. The second-order valence-electron chi connectivity index (χ2n) is 4.52. The van der Waals surface area contributed by atoms with E-state index in [4.69, 9.17) is 4.74 Å². The summed E-state index contributed by atoms with van der Waals surface area (Å²) in [5.74, 6) is 0.106. The molecular weight excluding hydrogens is 180 g/mol. The van der Waals surface area contributed by atoms with Crippen LogP contribution in [0.5, 0.6) is 0 Å². The predicted octanol–water partition coefficient (Wildman–Crippen LogP) is -0.0606. The van der Waals surface area contributed by atoms with Gasteiger partial charge in [-0.15, -0.1) is 0 Å². The van der Waals surface area contributed by atoms with Gasteiger partial charge in [-0.2, -0.15) is 0 Å². The number of likely N-dealkylation sites (tertiary alicyclic amines) is 1. The molecule has 80 valence electrons. The van der Waals surface area contributed by atoms with Gasteiger partial charge in [0.2, 0.25) is 5.91 Å². The normalized spacial score (nSPS) is 28.4. The fourth-order valence-electron chi connectivity index (χ4n) is 2.22. The van der Waals surface area contributed by atoms with E-state index in [1.807, 2.05) is 7.05 Å². The highest BCUT2D eigenvalue weighted by atomic mass is 16.5. The van der Waals surface area contributed by atoms with Crippen LogP contribution in [0.15, 0.2) is 0 Å². The number of nitrogens with zero attached hydrogens (tertiary/aromatic N) is 2. The molecule has 4 heteroatoms. The van der Waals surface area contributed by atoms with Gasteiger partial charge in [0.15, 0.2) is 0 Å². The average Bonchev–Trinajstić information content (AvgIpc) is 2.18. The molecule has 0 radical (unpaired) electrons. The van der Waals surface area contributed by atoms with Crippen molar-refractivity contribution >= 4 is 5.91 Å². The monoisotopic (exact) mass is 198 g/mol. The summed E-state index contributed by atoms with van der Waals surface area (Å²) in [7, 11) is 4.00. The van der Waals surface area contributed by atoms with Gasteiger partial charge in [0.25, 0.3) is 0 Å². The van der Waals surface area contributed by atoms with Crippen molar-refractivity contribution in [1.82, 2.24) is 9.80 Å². The zero-order valence-corrected chi connectivity index (χ0v) is 8.95. The zero-order valence-electron chi connectivity index (χ0n) is 8.95. The van der Waals surface area contributed by atoms with E-state index in [-0.39, 0.29) is 18.1 Å². The van der Waals surface area contributed by atoms with Gasteiger partial charge >= 0.3 is 0 Å². The minimum atomic E-state index is -0.0465. The van der Waals surface area contributed by atoms with E-state index >= 15 is 0 Å². The van der Waals surface area contributed by atoms with Crippen molar-refractivity contribution < 1.29 is 9.53 Å². The van der Waals surface area contributed by atoms with Crippen molar-refractivity contribution in [3.8, 4) is 0 Å². The van der Waals surface area contributed by atoms with Crippen LogP contribution < -0.4 is 0 Å². The van der Waals surface area contributed by atoms with Gasteiger partial charge in [0, 0.05) is 26.7 Å². The molecule has 2 fully saturated rings.